The van der Waals surface area contributed by atoms with Gasteiger partial charge >= 0.3 is 0 Å². The number of anilines is 2. The molecule has 3 rings (SSSR count). The van der Waals surface area contributed by atoms with Crippen LogP contribution in [0.2, 0.25) is 0 Å². The number of hydrogen-bond acceptors (Lipinski definition) is 5. The lowest BCUT2D eigenvalue weighted by Gasteiger charge is -2.31. The number of rotatable bonds is 9. The predicted octanol–water partition coefficient (Wildman–Crippen LogP) is 4.08. The Morgan fingerprint density at radius 1 is 1.03 bits per heavy atom. The minimum atomic E-state index is -3.84. The molecular formula is C26H38N4O3S. The van der Waals surface area contributed by atoms with E-state index >= 15 is 0 Å². The number of aryl methyl sites for hydroxylation is 3. The van der Waals surface area contributed by atoms with Crippen LogP contribution >= 0.6 is 0 Å². The first-order chi connectivity index (χ1) is 16.2. The molecule has 0 aliphatic carbocycles. The Kier molecular flexibility index (Phi) is 8.60. The smallest absolute Gasteiger partial charge is 0.262 e. The molecule has 2 N–H and O–H groups in total. The molecule has 1 aliphatic heterocycles. The second-order valence-electron chi connectivity index (χ2n) is 9.01. The van der Waals surface area contributed by atoms with E-state index in [-0.39, 0.29) is 10.8 Å². The van der Waals surface area contributed by atoms with Crippen molar-refractivity contribution in [3.05, 3.63) is 52.6 Å². The molecule has 8 heteroatoms. The van der Waals surface area contributed by atoms with Crippen molar-refractivity contribution < 1.29 is 13.2 Å². The molecule has 2 aromatic rings. The average Bonchev–Trinajstić information content (AvgIpc) is 2.82. The van der Waals surface area contributed by atoms with Crippen molar-refractivity contribution in [2.45, 2.75) is 52.4 Å². The lowest BCUT2D eigenvalue weighted by Crippen LogP contribution is -2.43. The molecule has 0 saturated carbocycles. The molecule has 1 fully saturated rings. The fourth-order valence-corrected chi connectivity index (χ4v) is 5.67. The number of carbonyl (C=O) groups excluding carboxylic acids is 1. The zero-order chi connectivity index (χ0) is 24.9. The normalized spacial score (nSPS) is 14.2. The summed E-state index contributed by atoms with van der Waals surface area (Å²) in [6.45, 7) is 14.2. The van der Waals surface area contributed by atoms with Gasteiger partial charge in [0.1, 0.15) is 0 Å². The van der Waals surface area contributed by atoms with Crippen LogP contribution in [0.15, 0.2) is 35.2 Å². The van der Waals surface area contributed by atoms with Crippen LogP contribution in [0.4, 0.5) is 11.4 Å². The number of hydrogen-bond donors (Lipinski definition) is 2. The van der Waals surface area contributed by atoms with E-state index in [9.17, 15) is 13.2 Å². The zero-order valence-electron chi connectivity index (χ0n) is 21.1. The van der Waals surface area contributed by atoms with Crippen molar-refractivity contribution >= 4 is 27.3 Å². The number of unbranched alkanes of at least 4 members (excludes halogenated alkanes) is 1. The topological polar surface area (TPSA) is 81.8 Å². The Hall–Kier alpha value is -2.58. The van der Waals surface area contributed by atoms with Gasteiger partial charge in [0.05, 0.1) is 16.3 Å². The molecule has 2 aromatic carbocycles. The van der Waals surface area contributed by atoms with Crippen molar-refractivity contribution in [1.29, 1.82) is 0 Å². The number of carbonyl (C=O) groups is 1. The Bertz CT molecular complexity index is 1130. The minimum Gasteiger partial charge on any atom is -0.367 e. The Balaban J connectivity index is 2.02. The van der Waals surface area contributed by atoms with Gasteiger partial charge in [0.25, 0.3) is 15.9 Å². The van der Waals surface area contributed by atoms with Gasteiger partial charge in [-0.15, -0.1) is 0 Å². The third-order valence-corrected chi connectivity index (χ3v) is 7.98. The third kappa shape index (κ3) is 5.91. The van der Waals surface area contributed by atoms with Crippen molar-refractivity contribution in [3.8, 4) is 0 Å². The van der Waals surface area contributed by atoms with E-state index in [1.54, 1.807) is 12.1 Å². The van der Waals surface area contributed by atoms with E-state index in [4.69, 9.17) is 0 Å². The van der Waals surface area contributed by atoms with E-state index in [0.717, 1.165) is 55.8 Å². The first kappa shape index (κ1) is 26.0. The molecule has 1 aliphatic rings. The molecule has 1 saturated heterocycles. The van der Waals surface area contributed by atoms with Gasteiger partial charge in [-0.05, 0) is 75.1 Å². The van der Waals surface area contributed by atoms with E-state index < -0.39 is 10.0 Å². The van der Waals surface area contributed by atoms with Crippen LogP contribution < -0.4 is 14.9 Å². The second kappa shape index (κ2) is 11.2. The van der Waals surface area contributed by atoms with Crippen LogP contribution in [0.3, 0.4) is 0 Å². The maximum absolute atomic E-state index is 13.5. The molecule has 1 amide bonds. The molecule has 0 unspecified atom stereocenters. The van der Waals surface area contributed by atoms with Crippen LogP contribution in [0, 0.1) is 20.8 Å². The molecule has 7 nitrogen and oxygen atoms in total. The van der Waals surface area contributed by atoms with Crippen molar-refractivity contribution in [2.75, 3.05) is 48.9 Å². The van der Waals surface area contributed by atoms with Crippen LogP contribution in [-0.2, 0) is 10.0 Å². The highest BCUT2D eigenvalue weighted by molar-refractivity contribution is 7.92. The fraction of sp³-hybridized carbons (Fsp3) is 0.500. The summed E-state index contributed by atoms with van der Waals surface area (Å²) in [6, 6.07) is 9.00. The molecule has 1 heterocycles. The highest BCUT2D eigenvalue weighted by atomic mass is 32.2. The SMILES string of the molecule is CCCCN(CC)C(=O)c1ccc(N2CCNCC2)c(NS(=O)(=O)c2cc(C)c(C)cc2C)c1. The van der Waals surface area contributed by atoms with Crippen molar-refractivity contribution in [2.24, 2.45) is 0 Å². The van der Waals surface area contributed by atoms with Gasteiger partial charge in [0.2, 0.25) is 0 Å². The number of piperazine rings is 1. The fourth-order valence-electron chi connectivity index (χ4n) is 4.29. The lowest BCUT2D eigenvalue weighted by atomic mass is 10.1. The average molecular weight is 487 g/mol. The van der Waals surface area contributed by atoms with Crippen LogP contribution in [0.1, 0.15) is 53.7 Å². The summed E-state index contributed by atoms with van der Waals surface area (Å²) in [5, 5.41) is 3.33. The monoisotopic (exact) mass is 486 g/mol. The van der Waals surface area contributed by atoms with E-state index in [1.165, 1.54) is 0 Å². The summed E-state index contributed by atoms with van der Waals surface area (Å²) in [7, 11) is -3.84. The summed E-state index contributed by atoms with van der Waals surface area (Å²) in [6.07, 6.45) is 1.94. The van der Waals surface area contributed by atoms with Gasteiger partial charge in [-0.2, -0.15) is 0 Å². The maximum atomic E-state index is 13.5. The van der Waals surface area contributed by atoms with Crippen LogP contribution in [0.5, 0.6) is 0 Å². The summed E-state index contributed by atoms with van der Waals surface area (Å²) in [5.41, 5.74) is 4.40. The van der Waals surface area contributed by atoms with Crippen LogP contribution in [0.25, 0.3) is 0 Å². The van der Waals surface area contributed by atoms with E-state index in [0.29, 0.717) is 29.9 Å². The zero-order valence-corrected chi connectivity index (χ0v) is 21.9. The number of nitrogens with one attached hydrogen (secondary N) is 2. The van der Waals surface area contributed by atoms with Crippen molar-refractivity contribution in [3.63, 3.8) is 0 Å². The van der Waals surface area contributed by atoms with Gasteiger partial charge < -0.3 is 15.1 Å². The number of sulfonamides is 1. The molecule has 186 valence electrons. The molecular weight excluding hydrogens is 448 g/mol. The molecule has 0 spiro atoms. The minimum absolute atomic E-state index is 0.0781. The van der Waals surface area contributed by atoms with Gasteiger partial charge in [0.15, 0.2) is 0 Å². The Morgan fingerprint density at radius 2 is 1.71 bits per heavy atom. The van der Waals surface area contributed by atoms with Crippen molar-refractivity contribution in [1.82, 2.24) is 10.2 Å². The molecule has 0 radical (unpaired) electrons. The quantitative estimate of drug-likeness (QED) is 0.558. The Morgan fingerprint density at radius 3 is 2.35 bits per heavy atom. The van der Waals surface area contributed by atoms with Gasteiger partial charge in [-0.3, -0.25) is 9.52 Å². The summed E-state index contributed by atoms with van der Waals surface area (Å²) in [4.78, 5) is 17.5. The third-order valence-electron chi connectivity index (χ3n) is 6.48. The highest BCUT2D eigenvalue weighted by Gasteiger charge is 2.24. The highest BCUT2D eigenvalue weighted by Crippen LogP contribution is 2.31. The van der Waals surface area contributed by atoms with Crippen LogP contribution in [-0.4, -0.2) is 58.5 Å². The summed E-state index contributed by atoms with van der Waals surface area (Å²) in [5.74, 6) is -0.0781. The van der Waals surface area contributed by atoms with Gasteiger partial charge in [0, 0.05) is 44.8 Å². The number of amides is 1. The lowest BCUT2D eigenvalue weighted by molar-refractivity contribution is 0.0762. The molecule has 0 aromatic heterocycles. The Labute approximate surface area is 204 Å². The second-order valence-corrected chi connectivity index (χ2v) is 10.7. The molecule has 0 bridgehead atoms. The molecule has 0 atom stereocenters. The summed E-state index contributed by atoms with van der Waals surface area (Å²) < 4.78 is 29.8. The van der Waals surface area contributed by atoms with E-state index in [1.807, 2.05) is 50.8 Å². The number of benzene rings is 2. The summed E-state index contributed by atoms with van der Waals surface area (Å²) >= 11 is 0. The van der Waals surface area contributed by atoms with Gasteiger partial charge in [-0.25, -0.2) is 8.42 Å². The maximum Gasteiger partial charge on any atom is 0.262 e. The first-order valence-electron chi connectivity index (χ1n) is 12.2. The number of nitrogens with zero attached hydrogens (tertiary/aromatic N) is 2. The predicted molar refractivity (Wildman–Crippen MR) is 139 cm³/mol. The van der Waals surface area contributed by atoms with Gasteiger partial charge in [-0.1, -0.05) is 19.4 Å². The molecule has 34 heavy (non-hydrogen) atoms. The van der Waals surface area contributed by atoms with E-state index in [2.05, 4.69) is 21.9 Å². The largest absolute Gasteiger partial charge is 0.367 e. The standard InChI is InChI=1S/C26H38N4O3S/c1-6-8-13-29(7-2)26(31)22-9-10-24(30-14-11-27-12-15-30)23(18-22)28-34(32,33)25-17-20(4)19(3)16-21(25)5/h9-10,16-18,27-28H,6-8,11-15H2,1-5H3. The first-order valence-corrected chi connectivity index (χ1v) is 13.7.